The van der Waals surface area contributed by atoms with Crippen molar-refractivity contribution in [2.75, 3.05) is 6.54 Å². The lowest BCUT2D eigenvalue weighted by Crippen LogP contribution is -2.45. The third-order valence-electron chi connectivity index (χ3n) is 3.71. The van der Waals surface area contributed by atoms with E-state index >= 15 is 0 Å². The molecule has 0 atom stereocenters. The Morgan fingerprint density at radius 1 is 1.42 bits per heavy atom. The van der Waals surface area contributed by atoms with Crippen LogP contribution in [0.2, 0.25) is 5.02 Å². The van der Waals surface area contributed by atoms with Gasteiger partial charge in [0.25, 0.3) is 0 Å². The molecule has 1 aromatic rings. The van der Waals surface area contributed by atoms with E-state index in [1.54, 1.807) is 6.07 Å². The number of rotatable bonds is 6. The SMILES string of the molecule is CCC(CC)(CN)C(=O)NCc1c(F)cccc1Cl. The first-order valence-corrected chi connectivity index (χ1v) is 6.79. The molecule has 0 saturated heterocycles. The zero-order valence-electron chi connectivity index (χ0n) is 11.3. The van der Waals surface area contributed by atoms with Crippen LogP contribution in [0.25, 0.3) is 0 Å². The van der Waals surface area contributed by atoms with Gasteiger partial charge in [-0.05, 0) is 25.0 Å². The normalized spacial score (nSPS) is 11.4. The first-order valence-electron chi connectivity index (χ1n) is 6.42. The van der Waals surface area contributed by atoms with Gasteiger partial charge in [-0.2, -0.15) is 0 Å². The molecule has 0 unspecified atom stereocenters. The highest BCUT2D eigenvalue weighted by atomic mass is 35.5. The van der Waals surface area contributed by atoms with E-state index in [0.717, 1.165) is 0 Å². The maximum absolute atomic E-state index is 13.6. The van der Waals surface area contributed by atoms with Crippen molar-refractivity contribution in [1.29, 1.82) is 0 Å². The summed E-state index contributed by atoms with van der Waals surface area (Å²) in [6.07, 6.45) is 1.30. The zero-order chi connectivity index (χ0) is 14.5. The molecule has 3 N–H and O–H groups in total. The van der Waals surface area contributed by atoms with Crippen molar-refractivity contribution in [1.82, 2.24) is 5.32 Å². The molecule has 0 bridgehead atoms. The van der Waals surface area contributed by atoms with Crippen molar-refractivity contribution in [3.8, 4) is 0 Å². The Balaban J connectivity index is 2.79. The number of nitrogens with two attached hydrogens (primary N) is 1. The average Bonchev–Trinajstić information content (AvgIpc) is 2.41. The zero-order valence-corrected chi connectivity index (χ0v) is 12.1. The first-order chi connectivity index (χ1) is 9.00. The number of halogens is 2. The average molecular weight is 287 g/mol. The minimum atomic E-state index is -0.586. The maximum atomic E-state index is 13.6. The van der Waals surface area contributed by atoms with E-state index in [1.807, 2.05) is 13.8 Å². The smallest absolute Gasteiger partial charge is 0.227 e. The molecule has 1 aromatic carbocycles. The van der Waals surface area contributed by atoms with Crippen LogP contribution in [0.1, 0.15) is 32.3 Å². The monoisotopic (exact) mass is 286 g/mol. The summed E-state index contributed by atoms with van der Waals surface area (Å²) in [5, 5.41) is 3.04. The molecule has 3 nitrogen and oxygen atoms in total. The topological polar surface area (TPSA) is 55.1 Å². The molecule has 0 saturated carbocycles. The molecular formula is C14H20ClFN2O. The summed E-state index contributed by atoms with van der Waals surface area (Å²) in [6.45, 7) is 4.20. The van der Waals surface area contributed by atoms with Crippen LogP contribution >= 0.6 is 11.6 Å². The van der Waals surface area contributed by atoms with E-state index in [1.165, 1.54) is 12.1 Å². The highest BCUT2D eigenvalue weighted by Gasteiger charge is 2.33. The Kier molecular flexibility index (Phi) is 5.76. The minimum absolute atomic E-state index is 0.0755. The second-order valence-electron chi connectivity index (χ2n) is 4.57. The largest absolute Gasteiger partial charge is 0.351 e. The molecule has 1 amide bonds. The van der Waals surface area contributed by atoms with Gasteiger partial charge in [-0.15, -0.1) is 0 Å². The van der Waals surface area contributed by atoms with Gasteiger partial charge in [0.1, 0.15) is 5.82 Å². The van der Waals surface area contributed by atoms with E-state index in [2.05, 4.69) is 5.32 Å². The van der Waals surface area contributed by atoms with Gasteiger partial charge < -0.3 is 11.1 Å². The number of nitrogens with one attached hydrogen (secondary N) is 1. The van der Waals surface area contributed by atoms with Crippen molar-refractivity contribution < 1.29 is 9.18 Å². The second kappa shape index (κ2) is 6.87. The van der Waals surface area contributed by atoms with Gasteiger partial charge in [0.2, 0.25) is 5.91 Å². The van der Waals surface area contributed by atoms with Crippen molar-refractivity contribution >= 4 is 17.5 Å². The fourth-order valence-corrected chi connectivity index (χ4v) is 2.24. The Labute approximate surface area is 118 Å². The molecule has 0 aliphatic carbocycles. The molecule has 0 aromatic heterocycles. The Morgan fingerprint density at radius 2 is 2.05 bits per heavy atom. The Hall–Kier alpha value is -1.13. The highest BCUT2D eigenvalue weighted by Crippen LogP contribution is 2.26. The van der Waals surface area contributed by atoms with Gasteiger partial charge in [0, 0.05) is 23.7 Å². The fraction of sp³-hybridized carbons (Fsp3) is 0.500. The highest BCUT2D eigenvalue weighted by molar-refractivity contribution is 6.31. The van der Waals surface area contributed by atoms with Gasteiger partial charge in [-0.1, -0.05) is 31.5 Å². The van der Waals surface area contributed by atoms with Crippen molar-refractivity contribution in [3.63, 3.8) is 0 Å². The molecule has 0 heterocycles. The summed E-state index contributed by atoms with van der Waals surface area (Å²) in [7, 11) is 0. The number of hydrogen-bond acceptors (Lipinski definition) is 2. The first kappa shape index (κ1) is 15.9. The lowest BCUT2D eigenvalue weighted by atomic mass is 9.81. The van der Waals surface area contributed by atoms with E-state index in [9.17, 15) is 9.18 Å². The van der Waals surface area contributed by atoms with Gasteiger partial charge in [0.15, 0.2) is 0 Å². The van der Waals surface area contributed by atoms with E-state index in [-0.39, 0.29) is 19.0 Å². The molecule has 0 aliphatic rings. The van der Waals surface area contributed by atoms with Crippen LogP contribution in [0, 0.1) is 11.2 Å². The van der Waals surface area contributed by atoms with Gasteiger partial charge in [-0.25, -0.2) is 4.39 Å². The fourth-order valence-electron chi connectivity index (χ4n) is 2.01. The van der Waals surface area contributed by atoms with Crippen molar-refractivity contribution in [2.45, 2.75) is 33.2 Å². The summed E-state index contributed by atoms with van der Waals surface area (Å²) >= 11 is 5.91. The van der Waals surface area contributed by atoms with E-state index in [0.29, 0.717) is 23.4 Å². The van der Waals surface area contributed by atoms with Crippen LogP contribution < -0.4 is 11.1 Å². The number of hydrogen-bond donors (Lipinski definition) is 2. The minimum Gasteiger partial charge on any atom is -0.351 e. The van der Waals surface area contributed by atoms with Crippen LogP contribution in [-0.2, 0) is 11.3 Å². The van der Waals surface area contributed by atoms with Crippen LogP contribution in [0.3, 0.4) is 0 Å². The van der Waals surface area contributed by atoms with Crippen molar-refractivity contribution in [2.24, 2.45) is 11.1 Å². The maximum Gasteiger partial charge on any atom is 0.227 e. The molecule has 1 rings (SSSR count). The predicted octanol–water partition coefficient (Wildman–Crippen LogP) is 2.86. The molecule has 0 fully saturated rings. The number of carbonyl (C=O) groups is 1. The number of benzene rings is 1. The van der Waals surface area contributed by atoms with Gasteiger partial charge >= 0.3 is 0 Å². The molecule has 0 spiro atoms. The number of carbonyl (C=O) groups excluding carboxylic acids is 1. The van der Waals surface area contributed by atoms with Crippen LogP contribution in [-0.4, -0.2) is 12.5 Å². The van der Waals surface area contributed by atoms with E-state index < -0.39 is 11.2 Å². The molecule has 0 radical (unpaired) electrons. The lowest BCUT2D eigenvalue weighted by molar-refractivity contribution is -0.131. The standard InChI is InChI=1S/C14H20ClFN2O/c1-3-14(4-2,9-17)13(19)18-8-10-11(15)6-5-7-12(10)16/h5-7H,3-4,8-9,17H2,1-2H3,(H,18,19). The molecule has 0 aliphatic heterocycles. The lowest BCUT2D eigenvalue weighted by Gasteiger charge is -2.28. The van der Waals surface area contributed by atoms with Crippen molar-refractivity contribution in [3.05, 3.63) is 34.6 Å². The third-order valence-corrected chi connectivity index (χ3v) is 4.07. The summed E-state index contributed by atoms with van der Waals surface area (Å²) in [5.74, 6) is -0.571. The van der Waals surface area contributed by atoms with Crippen LogP contribution in [0.15, 0.2) is 18.2 Å². The third kappa shape index (κ3) is 3.45. The molecule has 5 heteroatoms. The summed E-state index contributed by atoms with van der Waals surface area (Å²) in [4.78, 5) is 12.2. The summed E-state index contributed by atoms with van der Waals surface area (Å²) in [6, 6.07) is 4.45. The predicted molar refractivity (Wildman–Crippen MR) is 75.3 cm³/mol. The quantitative estimate of drug-likeness (QED) is 0.845. The van der Waals surface area contributed by atoms with E-state index in [4.69, 9.17) is 17.3 Å². The Morgan fingerprint density at radius 3 is 2.53 bits per heavy atom. The molecule has 106 valence electrons. The summed E-state index contributed by atoms with van der Waals surface area (Å²) < 4.78 is 13.6. The van der Waals surface area contributed by atoms with Gasteiger partial charge in [-0.3, -0.25) is 4.79 Å². The molecular weight excluding hydrogens is 267 g/mol. The van der Waals surface area contributed by atoms with Crippen LogP contribution in [0.4, 0.5) is 4.39 Å². The number of amides is 1. The summed E-state index contributed by atoms with van der Waals surface area (Å²) in [5.41, 5.74) is 5.41. The Bertz CT molecular complexity index is 419. The second-order valence-corrected chi connectivity index (χ2v) is 4.98. The van der Waals surface area contributed by atoms with Gasteiger partial charge in [0.05, 0.1) is 5.41 Å². The van der Waals surface area contributed by atoms with Crippen LogP contribution in [0.5, 0.6) is 0 Å². The molecule has 19 heavy (non-hydrogen) atoms.